The summed E-state index contributed by atoms with van der Waals surface area (Å²) in [5, 5.41) is 7.01. The number of nitrogens with one attached hydrogen (secondary N) is 2. The number of rotatable bonds is 7. The van der Waals surface area contributed by atoms with Crippen molar-refractivity contribution in [2.45, 2.75) is 19.9 Å². The van der Waals surface area contributed by atoms with Gasteiger partial charge >= 0.3 is 0 Å². The molecule has 0 unspecified atom stereocenters. The van der Waals surface area contributed by atoms with Crippen molar-refractivity contribution in [3.63, 3.8) is 0 Å². The van der Waals surface area contributed by atoms with Crippen molar-refractivity contribution in [3.8, 4) is 22.8 Å². The molecular weight excluding hydrogens is 602 g/mol. The Bertz CT molecular complexity index is 1760. The van der Waals surface area contributed by atoms with Gasteiger partial charge in [-0.3, -0.25) is 9.59 Å². The quantitative estimate of drug-likeness (QED) is 0.256. The number of para-hydroxylation sites is 1. The molecule has 0 radical (unpaired) electrons. The standard InChI is InChI=1S/C31H30ClN7O4S/c1-5-25(40)38-9-10-39-20(15-38)16-43-23-12-19(13-33-29(23)39)26-18(3)11-22(42-4)28(35-26)37-31-34-14-24(44-31)30(41)36-27-17(2)7-6-8-21(27)32/h5-8,11-14,20H,1,9-10,15-16H2,2-4H3,(H,36,41)(H,34,35,37)/t20-/m0/s1. The molecule has 1 fully saturated rings. The predicted molar refractivity (Wildman–Crippen MR) is 172 cm³/mol. The number of benzene rings is 1. The van der Waals surface area contributed by atoms with E-state index in [1.165, 1.54) is 23.6 Å². The number of carbonyl (C=O) groups excluding carboxylic acids is 2. The van der Waals surface area contributed by atoms with Crippen LogP contribution in [0.15, 0.2) is 55.4 Å². The third kappa shape index (κ3) is 5.65. The van der Waals surface area contributed by atoms with E-state index in [9.17, 15) is 9.59 Å². The van der Waals surface area contributed by atoms with Gasteiger partial charge in [-0.15, -0.1) is 0 Å². The molecule has 2 aliphatic heterocycles. The lowest BCUT2D eigenvalue weighted by molar-refractivity contribution is -0.127. The number of ether oxygens (including phenoxy) is 2. The minimum Gasteiger partial charge on any atom is -0.493 e. The molecule has 0 aliphatic carbocycles. The number of aryl methyl sites for hydroxylation is 2. The first-order chi connectivity index (χ1) is 21.2. The van der Waals surface area contributed by atoms with E-state index in [2.05, 4.69) is 27.1 Å². The molecule has 3 aromatic heterocycles. The van der Waals surface area contributed by atoms with E-state index in [4.69, 9.17) is 31.0 Å². The predicted octanol–water partition coefficient (Wildman–Crippen LogP) is 5.47. The zero-order chi connectivity index (χ0) is 31.0. The van der Waals surface area contributed by atoms with Crippen LogP contribution in [0.1, 0.15) is 20.8 Å². The van der Waals surface area contributed by atoms with Crippen LogP contribution in [0.4, 0.5) is 22.5 Å². The van der Waals surface area contributed by atoms with Crippen molar-refractivity contribution in [2.75, 3.05) is 48.9 Å². The summed E-state index contributed by atoms with van der Waals surface area (Å²) >= 11 is 7.47. The molecule has 1 aromatic carbocycles. The molecule has 44 heavy (non-hydrogen) atoms. The lowest BCUT2D eigenvalue weighted by atomic mass is 10.1. The van der Waals surface area contributed by atoms with Gasteiger partial charge in [0.2, 0.25) is 5.91 Å². The molecule has 226 valence electrons. The number of anilines is 4. The zero-order valence-electron chi connectivity index (χ0n) is 24.4. The van der Waals surface area contributed by atoms with E-state index in [0.717, 1.165) is 22.5 Å². The number of thiazole rings is 1. The zero-order valence-corrected chi connectivity index (χ0v) is 26.0. The second kappa shape index (κ2) is 12.1. The Kier molecular flexibility index (Phi) is 8.11. The van der Waals surface area contributed by atoms with Gasteiger partial charge in [-0.05, 0) is 49.2 Å². The number of pyridine rings is 2. The summed E-state index contributed by atoms with van der Waals surface area (Å²) in [7, 11) is 1.57. The number of nitrogens with zero attached hydrogens (tertiary/aromatic N) is 5. The van der Waals surface area contributed by atoms with Crippen LogP contribution in [0.3, 0.4) is 0 Å². The molecule has 0 bridgehead atoms. The van der Waals surface area contributed by atoms with Gasteiger partial charge in [-0.1, -0.05) is 41.6 Å². The summed E-state index contributed by atoms with van der Waals surface area (Å²) in [5.74, 6) is 1.99. The molecule has 1 saturated heterocycles. The van der Waals surface area contributed by atoms with E-state index in [0.29, 0.717) is 70.0 Å². The molecule has 5 heterocycles. The maximum Gasteiger partial charge on any atom is 0.267 e. The largest absolute Gasteiger partial charge is 0.493 e. The number of hydrogen-bond donors (Lipinski definition) is 2. The fraction of sp³-hybridized carbons (Fsp3) is 0.258. The van der Waals surface area contributed by atoms with Crippen LogP contribution in [0, 0.1) is 13.8 Å². The van der Waals surface area contributed by atoms with Crippen molar-refractivity contribution >= 4 is 57.2 Å². The number of fused-ring (bicyclic) bond motifs is 3. The number of methoxy groups -OCH3 is 1. The Balaban J connectivity index is 1.22. The number of amides is 2. The molecule has 0 saturated carbocycles. The average Bonchev–Trinajstić information content (AvgIpc) is 3.51. The fourth-order valence-corrected chi connectivity index (χ4v) is 6.29. The van der Waals surface area contributed by atoms with Crippen LogP contribution in [0.25, 0.3) is 11.3 Å². The number of piperazine rings is 1. The van der Waals surface area contributed by atoms with E-state index < -0.39 is 0 Å². The van der Waals surface area contributed by atoms with Crippen LogP contribution in [0.2, 0.25) is 5.02 Å². The molecule has 4 aromatic rings. The second-order valence-electron chi connectivity index (χ2n) is 10.4. The van der Waals surface area contributed by atoms with Crippen LogP contribution < -0.4 is 25.0 Å². The molecule has 2 aliphatic rings. The van der Waals surface area contributed by atoms with E-state index in [1.54, 1.807) is 24.3 Å². The third-order valence-electron chi connectivity index (χ3n) is 7.59. The Morgan fingerprint density at radius 3 is 2.80 bits per heavy atom. The average molecular weight is 632 g/mol. The van der Waals surface area contributed by atoms with Crippen LogP contribution >= 0.6 is 22.9 Å². The monoisotopic (exact) mass is 631 g/mol. The van der Waals surface area contributed by atoms with Crippen molar-refractivity contribution in [1.82, 2.24) is 19.9 Å². The van der Waals surface area contributed by atoms with Gasteiger partial charge in [0.25, 0.3) is 5.91 Å². The summed E-state index contributed by atoms with van der Waals surface area (Å²) in [6, 6.07) is 9.29. The van der Waals surface area contributed by atoms with Gasteiger partial charge in [0.1, 0.15) is 11.5 Å². The Labute approximate surface area is 263 Å². The smallest absolute Gasteiger partial charge is 0.267 e. The summed E-state index contributed by atoms with van der Waals surface area (Å²) in [4.78, 5) is 43.5. The summed E-state index contributed by atoms with van der Waals surface area (Å²) < 4.78 is 11.7. The fourth-order valence-electron chi connectivity index (χ4n) is 5.31. The third-order valence-corrected chi connectivity index (χ3v) is 8.82. The first-order valence-corrected chi connectivity index (χ1v) is 15.1. The minimum atomic E-state index is -0.313. The van der Waals surface area contributed by atoms with Crippen molar-refractivity contribution in [1.29, 1.82) is 0 Å². The van der Waals surface area contributed by atoms with Gasteiger partial charge in [-0.2, -0.15) is 0 Å². The topological polar surface area (TPSA) is 122 Å². The number of hydrogen-bond acceptors (Lipinski definition) is 10. The van der Waals surface area contributed by atoms with Crippen molar-refractivity contribution in [2.24, 2.45) is 0 Å². The van der Waals surface area contributed by atoms with Crippen molar-refractivity contribution in [3.05, 3.63) is 76.4 Å². The van der Waals surface area contributed by atoms with Crippen molar-refractivity contribution < 1.29 is 19.1 Å². The van der Waals surface area contributed by atoms with Crippen LogP contribution in [-0.4, -0.2) is 71.1 Å². The number of halogens is 1. The highest BCUT2D eigenvalue weighted by Crippen LogP contribution is 2.39. The minimum absolute atomic E-state index is 0.0223. The van der Waals surface area contributed by atoms with E-state index >= 15 is 0 Å². The second-order valence-corrected chi connectivity index (χ2v) is 11.9. The Hall–Kier alpha value is -4.68. The summed E-state index contributed by atoms with van der Waals surface area (Å²) in [6.07, 6.45) is 4.62. The lowest BCUT2D eigenvalue weighted by Gasteiger charge is -2.44. The molecule has 11 nitrogen and oxygen atoms in total. The molecule has 2 N–H and O–H groups in total. The highest BCUT2D eigenvalue weighted by atomic mass is 35.5. The van der Waals surface area contributed by atoms with Crippen LogP contribution in [-0.2, 0) is 4.79 Å². The van der Waals surface area contributed by atoms with E-state index in [1.807, 2.05) is 38.1 Å². The molecule has 1 atom stereocenters. The van der Waals surface area contributed by atoms with Gasteiger partial charge in [0, 0.05) is 31.4 Å². The van der Waals surface area contributed by atoms with Crippen LogP contribution in [0.5, 0.6) is 11.5 Å². The Morgan fingerprint density at radius 1 is 1.18 bits per heavy atom. The van der Waals surface area contributed by atoms with Gasteiger partial charge in [-0.25, -0.2) is 15.0 Å². The molecule has 0 spiro atoms. The number of carbonyl (C=O) groups is 2. The molecule has 6 rings (SSSR count). The summed E-state index contributed by atoms with van der Waals surface area (Å²) in [6.45, 7) is 9.68. The SMILES string of the molecule is C=CC(=O)N1CCN2c3ncc(-c4nc(Nc5ncc(C(=O)Nc6c(C)cccc6Cl)s5)c(OC)cc4C)cc3OC[C@@H]2C1. The normalized spacial score (nSPS) is 15.5. The first kappa shape index (κ1) is 29.4. The van der Waals surface area contributed by atoms with Gasteiger partial charge in [0.15, 0.2) is 28.3 Å². The maximum absolute atomic E-state index is 12.9. The number of aromatic nitrogens is 3. The van der Waals surface area contributed by atoms with Gasteiger partial charge < -0.3 is 29.9 Å². The first-order valence-electron chi connectivity index (χ1n) is 13.9. The molecular formula is C31H30ClN7O4S. The van der Waals surface area contributed by atoms with E-state index in [-0.39, 0.29) is 17.9 Å². The molecule has 2 amide bonds. The highest BCUT2D eigenvalue weighted by molar-refractivity contribution is 7.17. The highest BCUT2D eigenvalue weighted by Gasteiger charge is 2.35. The summed E-state index contributed by atoms with van der Waals surface area (Å²) in [5.41, 5.74) is 3.78. The lowest BCUT2D eigenvalue weighted by Crippen LogP contribution is -2.58. The van der Waals surface area contributed by atoms with Gasteiger partial charge in [0.05, 0.1) is 35.8 Å². The maximum atomic E-state index is 12.9. The molecule has 13 heteroatoms. The Morgan fingerprint density at radius 2 is 2.02 bits per heavy atom.